The molecule has 0 fully saturated rings. The second-order valence-electron chi connectivity index (χ2n) is 4.52. The number of nitrogens with one attached hydrogen (secondary N) is 2. The summed E-state index contributed by atoms with van der Waals surface area (Å²) in [4.78, 5) is 12.2. The molecule has 0 unspecified atom stereocenters. The van der Waals surface area contributed by atoms with Crippen molar-refractivity contribution in [3.8, 4) is 6.07 Å². The van der Waals surface area contributed by atoms with Crippen molar-refractivity contribution < 1.29 is 4.79 Å². The summed E-state index contributed by atoms with van der Waals surface area (Å²) in [6.07, 6.45) is 0. The Kier molecular flexibility index (Phi) is 5.17. The summed E-state index contributed by atoms with van der Waals surface area (Å²) in [6, 6.07) is 16.4. The summed E-state index contributed by atoms with van der Waals surface area (Å²) < 4.78 is 1.10. The fraction of sp³-hybridized carbons (Fsp3) is 0.125. The molecule has 4 nitrogen and oxygen atoms in total. The molecule has 0 radical (unpaired) electrons. The Hall–Kier alpha value is -2.07. The number of halogens is 1. The highest BCUT2D eigenvalue weighted by molar-refractivity contribution is 14.1. The van der Waals surface area contributed by atoms with Crippen LogP contribution >= 0.6 is 22.6 Å². The van der Waals surface area contributed by atoms with Crippen LogP contribution in [0.4, 0.5) is 11.4 Å². The van der Waals surface area contributed by atoms with Crippen molar-refractivity contribution in [2.75, 3.05) is 10.6 Å². The van der Waals surface area contributed by atoms with E-state index in [1.807, 2.05) is 24.3 Å². The molecule has 2 aromatic rings. The molecule has 0 aromatic heterocycles. The van der Waals surface area contributed by atoms with Gasteiger partial charge >= 0.3 is 0 Å². The van der Waals surface area contributed by atoms with E-state index < -0.39 is 6.04 Å². The molecule has 2 rings (SSSR count). The Labute approximate surface area is 137 Å². The number of hydrogen-bond donors (Lipinski definition) is 2. The van der Waals surface area contributed by atoms with E-state index in [4.69, 9.17) is 5.26 Å². The van der Waals surface area contributed by atoms with Gasteiger partial charge in [-0.1, -0.05) is 18.2 Å². The average molecular weight is 391 g/mol. The molecule has 0 saturated heterocycles. The van der Waals surface area contributed by atoms with Crippen molar-refractivity contribution in [3.63, 3.8) is 0 Å². The second-order valence-corrected chi connectivity index (χ2v) is 5.77. The number of carbonyl (C=O) groups excluding carboxylic acids is 1. The number of anilines is 2. The van der Waals surface area contributed by atoms with Crippen molar-refractivity contribution in [1.29, 1.82) is 5.26 Å². The lowest BCUT2D eigenvalue weighted by molar-refractivity contribution is -0.116. The highest BCUT2D eigenvalue weighted by Crippen LogP contribution is 2.16. The lowest BCUT2D eigenvalue weighted by Crippen LogP contribution is -2.32. The molecule has 0 spiro atoms. The number of amides is 1. The number of rotatable bonds is 4. The fourth-order valence-electron chi connectivity index (χ4n) is 1.82. The first-order chi connectivity index (χ1) is 10.1. The molecule has 0 aliphatic carbocycles. The maximum atomic E-state index is 12.2. The van der Waals surface area contributed by atoms with Gasteiger partial charge in [0, 0.05) is 9.26 Å². The summed E-state index contributed by atoms with van der Waals surface area (Å²) in [6.45, 7) is 1.78. The monoisotopic (exact) mass is 391 g/mol. The first kappa shape index (κ1) is 15.3. The highest BCUT2D eigenvalue weighted by Gasteiger charge is 2.14. The van der Waals surface area contributed by atoms with Crippen molar-refractivity contribution in [2.24, 2.45) is 0 Å². The number of hydrogen-bond acceptors (Lipinski definition) is 3. The molecule has 0 aliphatic rings. The third-order valence-corrected chi connectivity index (χ3v) is 3.58. The number of nitrogens with zero attached hydrogens (tertiary/aromatic N) is 1. The lowest BCUT2D eigenvalue weighted by atomic mass is 10.2. The Morgan fingerprint density at radius 3 is 2.71 bits per heavy atom. The first-order valence-corrected chi connectivity index (χ1v) is 7.50. The van der Waals surface area contributed by atoms with E-state index in [-0.39, 0.29) is 5.91 Å². The summed E-state index contributed by atoms with van der Waals surface area (Å²) in [7, 11) is 0. The van der Waals surface area contributed by atoms with E-state index in [1.54, 1.807) is 31.2 Å². The van der Waals surface area contributed by atoms with Gasteiger partial charge in [0.1, 0.15) is 12.1 Å². The van der Waals surface area contributed by atoms with Crippen LogP contribution in [0.25, 0.3) is 0 Å². The molecule has 0 heterocycles. The molecule has 1 amide bonds. The Morgan fingerprint density at radius 2 is 2.00 bits per heavy atom. The SMILES string of the molecule is C[C@@H](Nc1cccc(I)c1)C(=O)Nc1ccccc1C#N. The summed E-state index contributed by atoms with van der Waals surface area (Å²) in [5.41, 5.74) is 1.87. The van der Waals surface area contributed by atoms with Gasteiger partial charge in [0.2, 0.25) is 5.91 Å². The van der Waals surface area contributed by atoms with E-state index in [2.05, 4.69) is 39.3 Å². The van der Waals surface area contributed by atoms with Crippen LogP contribution in [0.2, 0.25) is 0 Å². The van der Waals surface area contributed by atoms with Gasteiger partial charge in [0.15, 0.2) is 0 Å². The number of benzene rings is 2. The Bertz CT molecular complexity index is 694. The number of carbonyl (C=O) groups is 1. The van der Waals surface area contributed by atoms with Gasteiger partial charge in [-0.3, -0.25) is 4.79 Å². The van der Waals surface area contributed by atoms with Gasteiger partial charge in [-0.2, -0.15) is 5.26 Å². The number of para-hydroxylation sites is 1. The fourth-order valence-corrected chi connectivity index (χ4v) is 2.37. The van der Waals surface area contributed by atoms with Crippen LogP contribution in [0.1, 0.15) is 12.5 Å². The molecule has 2 aromatic carbocycles. The molecular weight excluding hydrogens is 377 g/mol. The summed E-state index contributed by atoms with van der Waals surface area (Å²) in [5.74, 6) is -0.184. The molecule has 2 N–H and O–H groups in total. The van der Waals surface area contributed by atoms with Crippen LogP contribution in [0.3, 0.4) is 0 Å². The zero-order valence-electron chi connectivity index (χ0n) is 11.4. The third-order valence-electron chi connectivity index (χ3n) is 2.91. The van der Waals surface area contributed by atoms with Crippen LogP contribution < -0.4 is 10.6 Å². The predicted octanol–water partition coefficient (Wildman–Crippen LogP) is 3.60. The molecular formula is C16H14IN3O. The van der Waals surface area contributed by atoms with Crippen molar-refractivity contribution in [2.45, 2.75) is 13.0 Å². The molecule has 1 atom stereocenters. The molecule has 5 heteroatoms. The van der Waals surface area contributed by atoms with Gasteiger partial charge < -0.3 is 10.6 Å². The van der Waals surface area contributed by atoms with E-state index >= 15 is 0 Å². The van der Waals surface area contributed by atoms with Gasteiger partial charge in [-0.25, -0.2) is 0 Å². The minimum absolute atomic E-state index is 0.184. The van der Waals surface area contributed by atoms with Crippen LogP contribution in [-0.2, 0) is 4.79 Å². The maximum absolute atomic E-state index is 12.2. The minimum Gasteiger partial charge on any atom is -0.374 e. The minimum atomic E-state index is -0.407. The highest BCUT2D eigenvalue weighted by atomic mass is 127. The van der Waals surface area contributed by atoms with Crippen LogP contribution in [0.15, 0.2) is 48.5 Å². The van der Waals surface area contributed by atoms with Crippen LogP contribution in [0.5, 0.6) is 0 Å². The number of nitriles is 1. The van der Waals surface area contributed by atoms with Crippen molar-refractivity contribution in [3.05, 3.63) is 57.7 Å². The first-order valence-electron chi connectivity index (χ1n) is 6.42. The normalized spacial score (nSPS) is 11.3. The van der Waals surface area contributed by atoms with E-state index in [0.717, 1.165) is 9.26 Å². The average Bonchev–Trinajstić information content (AvgIpc) is 2.47. The molecule has 0 saturated carbocycles. The smallest absolute Gasteiger partial charge is 0.246 e. The molecule has 0 bridgehead atoms. The second kappa shape index (κ2) is 7.09. The largest absolute Gasteiger partial charge is 0.374 e. The summed E-state index contributed by atoms with van der Waals surface area (Å²) in [5, 5.41) is 14.9. The Morgan fingerprint density at radius 1 is 1.24 bits per heavy atom. The summed E-state index contributed by atoms with van der Waals surface area (Å²) >= 11 is 2.22. The van der Waals surface area contributed by atoms with Crippen molar-refractivity contribution in [1.82, 2.24) is 0 Å². The molecule has 21 heavy (non-hydrogen) atoms. The maximum Gasteiger partial charge on any atom is 0.246 e. The van der Waals surface area contributed by atoms with Gasteiger partial charge in [0.25, 0.3) is 0 Å². The Balaban J connectivity index is 2.05. The van der Waals surface area contributed by atoms with Gasteiger partial charge in [-0.05, 0) is 59.8 Å². The van der Waals surface area contributed by atoms with Crippen molar-refractivity contribution >= 4 is 39.9 Å². The topological polar surface area (TPSA) is 64.9 Å². The molecule has 0 aliphatic heterocycles. The quantitative estimate of drug-likeness (QED) is 0.783. The van der Waals surface area contributed by atoms with Gasteiger partial charge in [-0.15, -0.1) is 0 Å². The predicted molar refractivity (Wildman–Crippen MR) is 92.0 cm³/mol. The van der Waals surface area contributed by atoms with Crippen LogP contribution in [0, 0.1) is 14.9 Å². The standard InChI is InChI=1S/C16H14IN3O/c1-11(19-14-7-4-6-13(17)9-14)16(21)20-15-8-3-2-5-12(15)10-18/h2-9,11,19H,1H3,(H,20,21)/t11-/m1/s1. The zero-order valence-corrected chi connectivity index (χ0v) is 13.6. The van der Waals surface area contributed by atoms with E-state index in [0.29, 0.717) is 11.3 Å². The van der Waals surface area contributed by atoms with E-state index in [1.165, 1.54) is 0 Å². The van der Waals surface area contributed by atoms with Crippen LogP contribution in [-0.4, -0.2) is 11.9 Å². The third kappa shape index (κ3) is 4.20. The zero-order chi connectivity index (χ0) is 15.2. The van der Waals surface area contributed by atoms with E-state index in [9.17, 15) is 4.79 Å². The van der Waals surface area contributed by atoms with Gasteiger partial charge in [0.05, 0.1) is 11.3 Å². The lowest BCUT2D eigenvalue weighted by Gasteiger charge is -2.16. The molecule has 106 valence electrons.